The Balaban J connectivity index is 1.39. The number of benzene rings is 2. The topological polar surface area (TPSA) is 134 Å². The van der Waals surface area contributed by atoms with E-state index in [1.165, 1.54) is 6.20 Å². The normalized spacial score (nSPS) is 11.1. The Morgan fingerprint density at radius 3 is 2.58 bits per heavy atom. The van der Waals surface area contributed by atoms with E-state index in [1.54, 1.807) is 4.40 Å². The number of carboxylic acid groups (broad SMARTS) is 1. The largest absolute Gasteiger partial charge is 0.476 e. The molecule has 0 aliphatic rings. The first-order valence-electron chi connectivity index (χ1n) is 10.4. The first-order chi connectivity index (χ1) is 16.1. The molecule has 3 heterocycles. The van der Waals surface area contributed by atoms with E-state index in [0.29, 0.717) is 18.1 Å². The number of aryl methyl sites for hydroxylation is 1. The summed E-state index contributed by atoms with van der Waals surface area (Å²) in [6, 6.07) is 18.1. The smallest absolute Gasteiger partial charge is 0.356 e. The van der Waals surface area contributed by atoms with Crippen LogP contribution in [0.1, 0.15) is 28.7 Å². The molecule has 5 aromatic rings. The van der Waals surface area contributed by atoms with Crippen LogP contribution in [-0.2, 0) is 13.0 Å². The first-order valence-corrected chi connectivity index (χ1v) is 10.4. The zero-order valence-corrected chi connectivity index (χ0v) is 17.7. The van der Waals surface area contributed by atoms with E-state index in [9.17, 15) is 9.90 Å². The van der Waals surface area contributed by atoms with E-state index in [1.807, 2.05) is 49.4 Å². The summed E-state index contributed by atoms with van der Waals surface area (Å²) >= 11 is 0. The van der Waals surface area contributed by atoms with Crippen LogP contribution in [0.15, 0.2) is 60.8 Å². The number of rotatable bonds is 7. The molecule has 3 N–H and O–H groups in total. The summed E-state index contributed by atoms with van der Waals surface area (Å²) in [5.74, 6) is 0.638. The summed E-state index contributed by atoms with van der Waals surface area (Å²) in [5.41, 5.74) is 4.86. The molecule has 0 aliphatic heterocycles. The van der Waals surface area contributed by atoms with Crippen molar-refractivity contribution in [2.75, 3.05) is 5.32 Å². The van der Waals surface area contributed by atoms with Gasteiger partial charge in [0, 0.05) is 30.1 Å². The van der Waals surface area contributed by atoms with E-state index >= 15 is 0 Å². The van der Waals surface area contributed by atoms with Crippen LogP contribution in [0.2, 0.25) is 0 Å². The minimum absolute atomic E-state index is 0.0382. The standard InChI is InChI=1S/C23H20N8O2/c1-2-16-11-20(31-13-19(22(32)33)26-23(31)25-16)24-12-14-7-9-15(10-8-14)17-5-3-4-6-18(17)21-27-29-30-28-21/h3-11,13,24H,2,12H2,1H3,(H,32,33)(H,27,28,29,30). The summed E-state index contributed by atoms with van der Waals surface area (Å²) in [5, 5.41) is 26.8. The van der Waals surface area contributed by atoms with E-state index in [4.69, 9.17) is 0 Å². The van der Waals surface area contributed by atoms with Gasteiger partial charge in [0.15, 0.2) is 11.5 Å². The molecule has 0 atom stereocenters. The van der Waals surface area contributed by atoms with Crippen molar-refractivity contribution in [1.29, 1.82) is 0 Å². The van der Waals surface area contributed by atoms with Gasteiger partial charge in [0.05, 0.1) is 0 Å². The maximum atomic E-state index is 11.3. The van der Waals surface area contributed by atoms with Gasteiger partial charge in [-0.25, -0.2) is 19.9 Å². The monoisotopic (exact) mass is 440 g/mol. The van der Waals surface area contributed by atoms with Crippen LogP contribution in [0, 0.1) is 0 Å². The second-order valence-electron chi connectivity index (χ2n) is 7.43. The molecule has 0 fully saturated rings. The molecule has 0 aliphatic carbocycles. The second-order valence-corrected chi connectivity index (χ2v) is 7.43. The van der Waals surface area contributed by atoms with Crippen molar-refractivity contribution in [2.45, 2.75) is 19.9 Å². The Bertz CT molecular complexity index is 1430. The van der Waals surface area contributed by atoms with Crippen molar-refractivity contribution in [3.8, 4) is 22.5 Å². The van der Waals surface area contributed by atoms with Crippen molar-refractivity contribution in [1.82, 2.24) is 35.0 Å². The molecule has 0 radical (unpaired) electrons. The van der Waals surface area contributed by atoms with Gasteiger partial charge in [-0.2, -0.15) is 0 Å². The minimum atomic E-state index is -1.08. The van der Waals surface area contributed by atoms with Crippen molar-refractivity contribution >= 4 is 17.6 Å². The Kier molecular flexibility index (Phi) is 5.23. The summed E-state index contributed by atoms with van der Waals surface area (Å²) in [7, 11) is 0. The van der Waals surface area contributed by atoms with Crippen LogP contribution >= 0.6 is 0 Å². The third kappa shape index (κ3) is 4.01. The van der Waals surface area contributed by atoms with Gasteiger partial charge in [-0.1, -0.05) is 55.5 Å². The van der Waals surface area contributed by atoms with E-state index in [0.717, 1.165) is 40.2 Å². The zero-order valence-electron chi connectivity index (χ0n) is 17.7. The molecule has 10 heteroatoms. The second kappa shape index (κ2) is 8.50. The average Bonchev–Trinajstić information content (AvgIpc) is 3.53. The molecule has 33 heavy (non-hydrogen) atoms. The molecule has 3 aromatic heterocycles. The molecular formula is C23H20N8O2. The van der Waals surface area contributed by atoms with Crippen molar-refractivity contribution in [2.24, 2.45) is 0 Å². The van der Waals surface area contributed by atoms with Crippen LogP contribution in [-0.4, -0.2) is 46.1 Å². The molecule has 2 aromatic carbocycles. The number of nitrogens with zero attached hydrogens (tertiary/aromatic N) is 6. The number of anilines is 1. The number of tetrazole rings is 1. The Labute approximate surface area is 188 Å². The predicted molar refractivity (Wildman–Crippen MR) is 122 cm³/mol. The molecule has 0 unspecified atom stereocenters. The SMILES string of the molecule is CCc1cc(NCc2ccc(-c3ccccc3-c3nnn[nH]3)cc2)n2cc(C(=O)O)nc2n1. The van der Waals surface area contributed by atoms with E-state index in [-0.39, 0.29) is 5.69 Å². The third-order valence-corrected chi connectivity index (χ3v) is 5.34. The predicted octanol–water partition coefficient (Wildman–Crippen LogP) is 3.45. The van der Waals surface area contributed by atoms with Gasteiger partial charge < -0.3 is 10.4 Å². The van der Waals surface area contributed by atoms with Crippen LogP contribution < -0.4 is 5.32 Å². The van der Waals surface area contributed by atoms with Crippen molar-refractivity contribution < 1.29 is 9.90 Å². The van der Waals surface area contributed by atoms with E-state index < -0.39 is 5.97 Å². The summed E-state index contributed by atoms with van der Waals surface area (Å²) in [4.78, 5) is 19.9. The number of fused-ring (bicyclic) bond motifs is 1. The van der Waals surface area contributed by atoms with Gasteiger partial charge in [-0.05, 0) is 33.5 Å². The highest BCUT2D eigenvalue weighted by atomic mass is 16.4. The molecule has 0 saturated heterocycles. The highest BCUT2D eigenvalue weighted by molar-refractivity contribution is 5.86. The fourth-order valence-corrected chi connectivity index (χ4v) is 3.64. The number of aromatic amines is 1. The lowest BCUT2D eigenvalue weighted by atomic mass is 9.98. The number of aromatic nitrogens is 7. The van der Waals surface area contributed by atoms with Crippen LogP contribution in [0.5, 0.6) is 0 Å². The number of hydrogen-bond donors (Lipinski definition) is 3. The quantitative estimate of drug-likeness (QED) is 0.350. The summed E-state index contributed by atoms with van der Waals surface area (Å²) in [6.07, 6.45) is 2.19. The van der Waals surface area contributed by atoms with Crippen molar-refractivity contribution in [3.05, 3.63) is 77.7 Å². The van der Waals surface area contributed by atoms with Crippen LogP contribution in [0.4, 0.5) is 5.82 Å². The van der Waals surface area contributed by atoms with Crippen molar-refractivity contribution in [3.63, 3.8) is 0 Å². The molecule has 5 rings (SSSR count). The number of carboxylic acids is 1. The number of carbonyl (C=O) groups is 1. The van der Waals surface area contributed by atoms with Crippen LogP contribution in [0.3, 0.4) is 0 Å². The zero-order chi connectivity index (χ0) is 22.8. The number of nitrogens with one attached hydrogen (secondary N) is 2. The summed E-state index contributed by atoms with van der Waals surface area (Å²) < 4.78 is 1.67. The maximum Gasteiger partial charge on any atom is 0.356 e. The summed E-state index contributed by atoms with van der Waals surface area (Å²) in [6.45, 7) is 2.55. The minimum Gasteiger partial charge on any atom is -0.476 e. The fourth-order valence-electron chi connectivity index (χ4n) is 3.64. The fraction of sp³-hybridized carbons (Fsp3) is 0.130. The lowest BCUT2D eigenvalue weighted by Crippen LogP contribution is -2.06. The number of imidazole rings is 1. The van der Waals surface area contributed by atoms with E-state index in [2.05, 4.69) is 48.0 Å². The van der Waals surface area contributed by atoms with Gasteiger partial charge in [0.25, 0.3) is 0 Å². The van der Waals surface area contributed by atoms with Gasteiger partial charge >= 0.3 is 5.97 Å². The third-order valence-electron chi connectivity index (χ3n) is 5.34. The highest BCUT2D eigenvalue weighted by Gasteiger charge is 2.14. The van der Waals surface area contributed by atoms with Crippen LogP contribution in [0.25, 0.3) is 28.3 Å². The molecule has 0 amide bonds. The van der Waals surface area contributed by atoms with Gasteiger partial charge in [-0.3, -0.25) is 4.40 Å². The molecule has 0 bridgehead atoms. The molecule has 0 saturated carbocycles. The average molecular weight is 440 g/mol. The molecule has 0 spiro atoms. The molecule has 10 nitrogen and oxygen atoms in total. The Morgan fingerprint density at radius 1 is 1.09 bits per heavy atom. The number of H-pyrrole nitrogens is 1. The van der Waals surface area contributed by atoms with Gasteiger partial charge in [0.2, 0.25) is 5.78 Å². The molecular weight excluding hydrogens is 420 g/mol. The lowest BCUT2D eigenvalue weighted by molar-refractivity contribution is 0.0691. The van der Waals surface area contributed by atoms with Gasteiger partial charge in [-0.15, -0.1) is 5.10 Å². The Morgan fingerprint density at radius 2 is 1.88 bits per heavy atom. The highest BCUT2D eigenvalue weighted by Crippen LogP contribution is 2.29. The Hall–Kier alpha value is -4.60. The first kappa shape index (κ1) is 20.3. The molecule has 164 valence electrons. The number of aromatic carboxylic acids is 1. The van der Waals surface area contributed by atoms with Gasteiger partial charge in [0.1, 0.15) is 5.82 Å². The maximum absolute atomic E-state index is 11.3. The number of hydrogen-bond acceptors (Lipinski definition) is 7. The lowest BCUT2D eigenvalue weighted by Gasteiger charge is -2.11.